The number of fused-ring (bicyclic) bond motifs is 1. The van der Waals surface area contributed by atoms with Crippen LogP contribution in [0.5, 0.6) is 5.75 Å². The first-order valence-corrected chi connectivity index (χ1v) is 7.47. The van der Waals surface area contributed by atoms with Crippen molar-refractivity contribution in [2.24, 2.45) is 0 Å². The number of aliphatic hydroxyl groups excluding tert-OH is 1. The zero-order valence-corrected chi connectivity index (χ0v) is 11.2. The molecule has 0 radical (unpaired) electrons. The van der Waals surface area contributed by atoms with Crippen LogP contribution in [-0.4, -0.2) is 30.3 Å². The van der Waals surface area contributed by atoms with E-state index in [0.29, 0.717) is 5.75 Å². The van der Waals surface area contributed by atoms with Crippen LogP contribution in [0.2, 0.25) is 0 Å². The van der Waals surface area contributed by atoms with Crippen molar-refractivity contribution in [3.8, 4) is 5.75 Å². The molecule has 0 saturated heterocycles. The lowest BCUT2D eigenvalue weighted by atomic mass is 10.1. The molecule has 106 valence electrons. The van der Waals surface area contributed by atoms with E-state index in [0.717, 1.165) is 5.56 Å². The lowest BCUT2D eigenvalue weighted by Gasteiger charge is -2.11. The van der Waals surface area contributed by atoms with E-state index in [-0.39, 0.29) is 17.2 Å². The number of hydrogen-bond donors (Lipinski definition) is 3. The molecular formula is C12H13N3O4S. The molecule has 7 nitrogen and oxygen atoms in total. The van der Waals surface area contributed by atoms with Crippen molar-refractivity contribution in [2.45, 2.75) is 17.7 Å². The Hall–Kier alpha value is -1.90. The fourth-order valence-corrected chi connectivity index (χ4v) is 3.47. The number of H-pyrrole nitrogens is 1. The van der Waals surface area contributed by atoms with Gasteiger partial charge in [-0.05, 0) is 6.07 Å². The maximum Gasteiger partial charge on any atom is 0.258 e. The molecule has 20 heavy (non-hydrogen) atoms. The third-order valence-electron chi connectivity index (χ3n) is 3.11. The smallest absolute Gasteiger partial charge is 0.258 e. The summed E-state index contributed by atoms with van der Waals surface area (Å²) in [6.07, 6.45) is 1.29. The number of nitrogens with zero attached hydrogens (tertiary/aromatic N) is 1. The summed E-state index contributed by atoms with van der Waals surface area (Å²) in [7, 11) is -3.79. The average molecular weight is 295 g/mol. The molecule has 0 amide bonds. The predicted molar refractivity (Wildman–Crippen MR) is 69.5 cm³/mol. The topological polar surface area (TPSA) is 104 Å². The van der Waals surface area contributed by atoms with Crippen molar-refractivity contribution in [3.05, 3.63) is 41.6 Å². The fourth-order valence-electron chi connectivity index (χ4n) is 2.15. The van der Waals surface area contributed by atoms with Crippen LogP contribution in [0.25, 0.3) is 0 Å². The summed E-state index contributed by atoms with van der Waals surface area (Å²) in [5.74, 6) is 0.673. The van der Waals surface area contributed by atoms with Crippen LogP contribution in [-0.2, 0) is 16.6 Å². The molecular weight excluding hydrogens is 282 g/mol. The molecule has 3 rings (SSSR count). The number of aromatic nitrogens is 2. The molecule has 1 aliphatic heterocycles. The number of rotatable bonds is 4. The van der Waals surface area contributed by atoms with Gasteiger partial charge in [-0.1, -0.05) is 18.2 Å². The minimum Gasteiger partial charge on any atom is -0.491 e. The number of hydrogen-bond acceptors (Lipinski definition) is 5. The summed E-state index contributed by atoms with van der Waals surface area (Å²) in [5.41, 5.74) is 1.02. The van der Waals surface area contributed by atoms with Gasteiger partial charge < -0.3 is 9.84 Å². The van der Waals surface area contributed by atoms with E-state index in [1.165, 1.54) is 6.20 Å². The summed E-state index contributed by atoms with van der Waals surface area (Å²) in [5, 5.41) is 15.0. The number of benzene rings is 1. The predicted octanol–water partition coefficient (Wildman–Crippen LogP) is 0.314. The number of aliphatic hydroxyl groups is 1. The second-order valence-electron chi connectivity index (χ2n) is 4.41. The minimum absolute atomic E-state index is 0.121. The highest BCUT2D eigenvalue weighted by atomic mass is 32.2. The van der Waals surface area contributed by atoms with Gasteiger partial charge in [0.15, 0.2) is 5.03 Å². The van der Waals surface area contributed by atoms with Gasteiger partial charge in [0, 0.05) is 11.1 Å². The monoisotopic (exact) mass is 295 g/mol. The number of aromatic amines is 1. The molecule has 0 bridgehead atoms. The molecule has 3 N–H and O–H groups in total. The van der Waals surface area contributed by atoms with Crippen molar-refractivity contribution in [1.29, 1.82) is 0 Å². The van der Waals surface area contributed by atoms with E-state index in [1.807, 2.05) is 18.2 Å². The summed E-state index contributed by atoms with van der Waals surface area (Å²) in [6.45, 7) is -0.161. The first kappa shape index (κ1) is 13.1. The molecule has 1 aliphatic rings. The molecule has 1 atom stereocenters. The number of ether oxygens (including phenoxy) is 1. The Morgan fingerprint density at radius 1 is 1.45 bits per heavy atom. The van der Waals surface area contributed by atoms with Gasteiger partial charge in [-0.2, -0.15) is 9.82 Å². The Balaban J connectivity index is 1.89. The maximum atomic E-state index is 12.3. The van der Waals surface area contributed by atoms with E-state index in [4.69, 9.17) is 9.84 Å². The van der Waals surface area contributed by atoms with Gasteiger partial charge in [-0.15, -0.1) is 0 Å². The van der Waals surface area contributed by atoms with Crippen molar-refractivity contribution in [2.75, 3.05) is 6.61 Å². The SMILES string of the molecule is O=S(=O)(NC1COc2ccccc21)c1[nH]ncc1CO. The van der Waals surface area contributed by atoms with Gasteiger partial charge in [0.2, 0.25) is 0 Å². The van der Waals surface area contributed by atoms with Crippen LogP contribution in [0.4, 0.5) is 0 Å². The van der Waals surface area contributed by atoms with Crippen molar-refractivity contribution in [3.63, 3.8) is 0 Å². The minimum atomic E-state index is -3.79. The number of nitrogens with one attached hydrogen (secondary N) is 2. The van der Waals surface area contributed by atoms with Crippen molar-refractivity contribution < 1.29 is 18.3 Å². The zero-order valence-electron chi connectivity index (χ0n) is 10.4. The first-order chi connectivity index (χ1) is 9.62. The molecule has 0 aliphatic carbocycles. The van der Waals surface area contributed by atoms with Gasteiger partial charge in [0.1, 0.15) is 12.4 Å². The van der Waals surface area contributed by atoms with Gasteiger partial charge >= 0.3 is 0 Å². The molecule has 0 fully saturated rings. The maximum absolute atomic E-state index is 12.3. The molecule has 2 heterocycles. The van der Waals surface area contributed by atoms with E-state index >= 15 is 0 Å². The Kier molecular flexibility index (Phi) is 3.20. The number of para-hydroxylation sites is 1. The summed E-state index contributed by atoms with van der Waals surface area (Å²) >= 11 is 0. The Labute approximate surface area is 115 Å². The molecule has 1 unspecified atom stereocenters. The summed E-state index contributed by atoms with van der Waals surface area (Å²) in [6, 6.07) is 6.80. The van der Waals surface area contributed by atoms with E-state index in [1.54, 1.807) is 6.07 Å². The second-order valence-corrected chi connectivity index (χ2v) is 6.06. The third-order valence-corrected chi connectivity index (χ3v) is 4.60. The van der Waals surface area contributed by atoms with Crippen molar-refractivity contribution >= 4 is 10.0 Å². The normalized spacial score (nSPS) is 17.8. The quantitative estimate of drug-likeness (QED) is 0.753. The average Bonchev–Trinajstić information content (AvgIpc) is 3.06. The Morgan fingerprint density at radius 3 is 3.05 bits per heavy atom. The molecule has 1 aromatic heterocycles. The molecule has 1 aromatic carbocycles. The van der Waals surface area contributed by atoms with Gasteiger partial charge in [-0.3, -0.25) is 5.10 Å². The van der Waals surface area contributed by atoms with E-state index < -0.39 is 22.7 Å². The Bertz CT molecular complexity index is 726. The zero-order chi connectivity index (χ0) is 14.2. The Morgan fingerprint density at radius 2 is 2.25 bits per heavy atom. The standard InChI is InChI=1S/C12H13N3O4S/c16-6-8-5-13-14-12(8)20(17,18)15-10-7-19-11-4-2-1-3-9(10)11/h1-5,10,15-16H,6-7H2,(H,13,14). The first-order valence-electron chi connectivity index (χ1n) is 5.99. The molecule has 0 spiro atoms. The van der Waals surface area contributed by atoms with Crippen LogP contribution in [0, 0.1) is 0 Å². The molecule has 8 heteroatoms. The molecule has 2 aromatic rings. The summed E-state index contributed by atoms with van der Waals surface area (Å²) in [4.78, 5) is 0. The van der Waals surface area contributed by atoms with Crippen LogP contribution >= 0.6 is 0 Å². The van der Waals surface area contributed by atoms with Crippen LogP contribution in [0.15, 0.2) is 35.5 Å². The van der Waals surface area contributed by atoms with Gasteiger partial charge in [0.05, 0.1) is 18.8 Å². The molecule has 0 saturated carbocycles. The van der Waals surface area contributed by atoms with Crippen molar-refractivity contribution in [1.82, 2.24) is 14.9 Å². The van der Waals surface area contributed by atoms with Crippen LogP contribution < -0.4 is 9.46 Å². The van der Waals surface area contributed by atoms with Gasteiger partial charge in [0.25, 0.3) is 10.0 Å². The second kappa shape index (κ2) is 4.89. The van der Waals surface area contributed by atoms with Gasteiger partial charge in [-0.25, -0.2) is 8.42 Å². The highest BCUT2D eigenvalue weighted by molar-refractivity contribution is 7.89. The largest absolute Gasteiger partial charge is 0.491 e. The highest BCUT2D eigenvalue weighted by Gasteiger charge is 2.30. The third kappa shape index (κ3) is 2.17. The van der Waals surface area contributed by atoms with E-state index in [9.17, 15) is 8.42 Å². The van der Waals surface area contributed by atoms with Crippen LogP contribution in [0.1, 0.15) is 17.2 Å². The highest BCUT2D eigenvalue weighted by Crippen LogP contribution is 2.32. The fraction of sp³-hybridized carbons (Fsp3) is 0.250. The van der Waals surface area contributed by atoms with Crippen LogP contribution in [0.3, 0.4) is 0 Å². The van der Waals surface area contributed by atoms with E-state index in [2.05, 4.69) is 14.9 Å². The lowest BCUT2D eigenvalue weighted by molar-refractivity contribution is 0.278. The number of sulfonamides is 1. The lowest BCUT2D eigenvalue weighted by Crippen LogP contribution is -2.30. The summed E-state index contributed by atoms with van der Waals surface area (Å²) < 4.78 is 32.6.